The second-order valence-corrected chi connectivity index (χ2v) is 6.61. The fraction of sp³-hybridized carbons (Fsp3) is 0.591. The maximum atomic E-state index is 11.0. The van der Waals surface area contributed by atoms with Crippen molar-refractivity contribution < 1.29 is 24.9 Å². The molecule has 0 aromatic heterocycles. The number of aliphatic hydroxyl groups is 3. The maximum absolute atomic E-state index is 11.0. The normalized spacial score (nSPS) is 16.3. The van der Waals surface area contributed by atoms with E-state index in [1.807, 2.05) is 12.2 Å². The maximum Gasteiger partial charge on any atom is 0.305 e. The minimum atomic E-state index is -0.837. The fourth-order valence-corrected chi connectivity index (χ4v) is 2.41. The Morgan fingerprint density at radius 3 is 2.30 bits per heavy atom. The van der Waals surface area contributed by atoms with Crippen molar-refractivity contribution in [3.8, 4) is 0 Å². The molecular formula is C22H36O5. The largest absolute Gasteiger partial charge is 0.469 e. The van der Waals surface area contributed by atoms with Gasteiger partial charge in [-0.2, -0.15) is 0 Å². The molecule has 0 aliphatic heterocycles. The van der Waals surface area contributed by atoms with Gasteiger partial charge in [-0.1, -0.05) is 68.7 Å². The van der Waals surface area contributed by atoms with Crippen LogP contribution in [-0.4, -0.2) is 46.7 Å². The van der Waals surface area contributed by atoms with Crippen molar-refractivity contribution in [3.05, 3.63) is 48.1 Å². The number of esters is 1. The van der Waals surface area contributed by atoms with Crippen LogP contribution in [0.15, 0.2) is 48.1 Å². The van der Waals surface area contributed by atoms with Crippen LogP contribution in [0.4, 0.5) is 0 Å². The van der Waals surface area contributed by atoms with E-state index in [2.05, 4.69) is 11.7 Å². The van der Waals surface area contributed by atoms with E-state index >= 15 is 0 Å². The summed E-state index contributed by atoms with van der Waals surface area (Å²) in [5, 5.41) is 29.8. The molecule has 0 aromatic carbocycles. The summed E-state index contributed by atoms with van der Waals surface area (Å²) in [7, 11) is 1.35. The molecule has 0 saturated heterocycles. The molecule has 0 spiro atoms. The van der Waals surface area contributed by atoms with Gasteiger partial charge in [0.2, 0.25) is 0 Å². The Morgan fingerprint density at radius 1 is 0.963 bits per heavy atom. The molecule has 0 heterocycles. The number of methoxy groups -OCH3 is 1. The van der Waals surface area contributed by atoms with Gasteiger partial charge in [0.05, 0.1) is 19.3 Å². The van der Waals surface area contributed by atoms with Crippen molar-refractivity contribution in [2.75, 3.05) is 7.11 Å². The van der Waals surface area contributed by atoms with Crippen molar-refractivity contribution in [1.29, 1.82) is 0 Å². The van der Waals surface area contributed by atoms with Gasteiger partial charge in [0.15, 0.2) is 0 Å². The molecule has 0 aromatic rings. The highest BCUT2D eigenvalue weighted by atomic mass is 16.5. The Balaban J connectivity index is 4.16. The van der Waals surface area contributed by atoms with Gasteiger partial charge in [0, 0.05) is 6.42 Å². The minimum Gasteiger partial charge on any atom is -0.469 e. The Hall–Kier alpha value is -1.69. The molecule has 0 bridgehead atoms. The van der Waals surface area contributed by atoms with E-state index in [-0.39, 0.29) is 5.97 Å². The lowest BCUT2D eigenvalue weighted by Gasteiger charge is -2.18. The SMILES string of the molecule is CCCCC[C@H](O)[C@H](O)/C(C)=C/C=C/C=C\C=C\[C@@H](O)CCCC(=O)OC. The average Bonchev–Trinajstić information content (AvgIpc) is 2.66. The molecule has 154 valence electrons. The number of allylic oxidation sites excluding steroid dienone is 6. The van der Waals surface area contributed by atoms with Gasteiger partial charge < -0.3 is 20.1 Å². The highest BCUT2D eigenvalue weighted by molar-refractivity contribution is 5.68. The number of rotatable bonds is 14. The number of unbranched alkanes of at least 4 members (excludes halogenated alkanes) is 2. The summed E-state index contributed by atoms with van der Waals surface area (Å²) in [6.07, 6.45) is 15.3. The van der Waals surface area contributed by atoms with Gasteiger partial charge >= 0.3 is 5.97 Å². The van der Waals surface area contributed by atoms with Crippen LogP contribution in [0.3, 0.4) is 0 Å². The highest BCUT2D eigenvalue weighted by Crippen LogP contribution is 2.13. The molecule has 3 atom stereocenters. The van der Waals surface area contributed by atoms with Gasteiger partial charge in [-0.05, 0) is 31.8 Å². The molecule has 0 rings (SSSR count). The molecule has 0 saturated carbocycles. The zero-order chi connectivity index (χ0) is 20.5. The third-order valence-corrected chi connectivity index (χ3v) is 4.18. The van der Waals surface area contributed by atoms with E-state index in [1.54, 1.807) is 37.3 Å². The van der Waals surface area contributed by atoms with Crippen molar-refractivity contribution in [2.24, 2.45) is 0 Å². The third kappa shape index (κ3) is 14.1. The van der Waals surface area contributed by atoms with Gasteiger partial charge in [-0.25, -0.2) is 0 Å². The summed E-state index contributed by atoms with van der Waals surface area (Å²) >= 11 is 0. The van der Waals surface area contributed by atoms with E-state index in [0.29, 0.717) is 25.7 Å². The summed E-state index contributed by atoms with van der Waals surface area (Å²) in [4.78, 5) is 11.0. The Kier molecular flexibility index (Phi) is 15.4. The quantitative estimate of drug-likeness (QED) is 0.243. The summed E-state index contributed by atoms with van der Waals surface area (Å²) in [6, 6.07) is 0. The van der Waals surface area contributed by atoms with Crippen LogP contribution in [0, 0.1) is 0 Å². The average molecular weight is 381 g/mol. The first-order valence-corrected chi connectivity index (χ1v) is 9.71. The van der Waals surface area contributed by atoms with E-state index in [0.717, 1.165) is 24.8 Å². The number of hydrogen-bond acceptors (Lipinski definition) is 5. The van der Waals surface area contributed by atoms with Crippen LogP contribution in [0.2, 0.25) is 0 Å². The topological polar surface area (TPSA) is 87.0 Å². The highest BCUT2D eigenvalue weighted by Gasteiger charge is 2.16. The zero-order valence-electron chi connectivity index (χ0n) is 16.9. The van der Waals surface area contributed by atoms with E-state index in [9.17, 15) is 20.1 Å². The van der Waals surface area contributed by atoms with Gasteiger partial charge in [-0.15, -0.1) is 0 Å². The summed E-state index contributed by atoms with van der Waals surface area (Å²) < 4.78 is 4.54. The van der Waals surface area contributed by atoms with Gasteiger partial charge in [0.25, 0.3) is 0 Å². The monoisotopic (exact) mass is 380 g/mol. The Morgan fingerprint density at radius 2 is 1.63 bits per heavy atom. The molecule has 5 heteroatoms. The predicted octanol–water partition coefficient (Wildman–Crippen LogP) is 3.61. The van der Waals surface area contributed by atoms with Gasteiger partial charge in [-0.3, -0.25) is 4.79 Å². The molecule has 0 unspecified atom stereocenters. The zero-order valence-corrected chi connectivity index (χ0v) is 16.9. The van der Waals surface area contributed by atoms with Crippen molar-refractivity contribution in [3.63, 3.8) is 0 Å². The number of hydrogen-bond donors (Lipinski definition) is 3. The van der Waals surface area contributed by atoms with Crippen LogP contribution >= 0.6 is 0 Å². The first kappa shape index (κ1) is 25.3. The molecule has 0 radical (unpaired) electrons. The van der Waals surface area contributed by atoms with E-state index in [1.165, 1.54) is 7.11 Å². The molecule has 0 aliphatic rings. The smallest absolute Gasteiger partial charge is 0.305 e. The Labute approximate surface area is 163 Å². The van der Waals surface area contributed by atoms with E-state index < -0.39 is 18.3 Å². The van der Waals surface area contributed by atoms with Gasteiger partial charge in [0.1, 0.15) is 6.10 Å². The van der Waals surface area contributed by atoms with E-state index in [4.69, 9.17) is 0 Å². The third-order valence-electron chi connectivity index (χ3n) is 4.18. The molecule has 3 N–H and O–H groups in total. The molecule has 5 nitrogen and oxygen atoms in total. The van der Waals surface area contributed by atoms with Crippen LogP contribution < -0.4 is 0 Å². The first-order valence-electron chi connectivity index (χ1n) is 9.71. The van der Waals surface area contributed by atoms with Crippen molar-refractivity contribution >= 4 is 5.97 Å². The van der Waals surface area contributed by atoms with Crippen molar-refractivity contribution in [1.82, 2.24) is 0 Å². The second-order valence-electron chi connectivity index (χ2n) is 6.61. The molecule has 0 fully saturated rings. The molecule has 0 amide bonds. The first-order chi connectivity index (χ1) is 12.9. The summed E-state index contributed by atoms with van der Waals surface area (Å²) in [5.41, 5.74) is 0.722. The lowest BCUT2D eigenvalue weighted by atomic mass is 10.0. The Bertz CT molecular complexity index is 505. The fourth-order valence-electron chi connectivity index (χ4n) is 2.41. The number of aliphatic hydroxyl groups excluding tert-OH is 3. The summed E-state index contributed by atoms with van der Waals surface area (Å²) in [5.74, 6) is -0.266. The number of ether oxygens (including phenoxy) is 1. The number of carbonyl (C=O) groups is 1. The van der Waals surface area contributed by atoms with Crippen LogP contribution in [0.5, 0.6) is 0 Å². The van der Waals surface area contributed by atoms with Crippen LogP contribution in [0.25, 0.3) is 0 Å². The van der Waals surface area contributed by atoms with Crippen LogP contribution in [-0.2, 0) is 9.53 Å². The second kappa shape index (κ2) is 16.5. The van der Waals surface area contributed by atoms with Crippen LogP contribution in [0.1, 0.15) is 58.8 Å². The summed E-state index contributed by atoms with van der Waals surface area (Å²) in [6.45, 7) is 3.90. The van der Waals surface area contributed by atoms with Crippen molar-refractivity contribution in [2.45, 2.75) is 77.1 Å². The molecule has 27 heavy (non-hydrogen) atoms. The lowest BCUT2D eigenvalue weighted by Crippen LogP contribution is -2.26. The predicted molar refractivity (Wildman–Crippen MR) is 109 cm³/mol. The lowest BCUT2D eigenvalue weighted by molar-refractivity contribution is -0.140. The number of carbonyl (C=O) groups excluding carboxylic acids is 1. The minimum absolute atomic E-state index is 0.266. The molecule has 0 aliphatic carbocycles. The molecular weight excluding hydrogens is 344 g/mol. The standard InChI is InChI=1S/C22H36O5/c1-4-5-9-16-20(24)22(26)18(2)13-10-7-6-8-11-14-19(23)15-12-17-21(25)27-3/h6-8,10-11,13-14,19-20,22-24,26H,4-5,9,12,15-17H2,1-3H3/b8-6-,10-7+,14-11+,18-13+/t19-,20+,22-/m1/s1.